The summed E-state index contributed by atoms with van der Waals surface area (Å²) >= 11 is 0. The molecule has 8 heteroatoms. The molecule has 0 amide bonds. The monoisotopic (exact) mass is 378 g/mol. The first-order valence-corrected chi connectivity index (χ1v) is 8.70. The predicted molar refractivity (Wildman–Crippen MR) is 95.9 cm³/mol. The largest absolute Gasteiger partial charge is 0.333 e. The summed E-state index contributed by atoms with van der Waals surface area (Å²) in [6.45, 7) is 10.6. The highest BCUT2D eigenvalue weighted by atomic mass is 19.3. The lowest BCUT2D eigenvalue weighted by atomic mass is 10.0. The number of hydrogen-bond acceptors (Lipinski definition) is 2. The highest BCUT2D eigenvalue weighted by Crippen LogP contribution is 2.30. The van der Waals surface area contributed by atoms with Crippen LogP contribution in [0.1, 0.15) is 89.0 Å². The zero-order valence-electron chi connectivity index (χ0n) is 16.8. The molecule has 0 aliphatic carbocycles. The second-order valence-corrected chi connectivity index (χ2v) is 6.10. The van der Waals surface area contributed by atoms with Crippen LogP contribution in [0.2, 0.25) is 0 Å². The van der Waals surface area contributed by atoms with Crippen LogP contribution in [-0.2, 0) is 7.05 Å². The van der Waals surface area contributed by atoms with Crippen molar-refractivity contribution >= 4 is 0 Å². The van der Waals surface area contributed by atoms with E-state index < -0.39 is 13.0 Å². The third-order valence-electron chi connectivity index (χ3n) is 3.56. The lowest BCUT2D eigenvalue weighted by Crippen LogP contribution is -2.06. The Balaban J connectivity index is 0.000000444. The Morgan fingerprint density at radius 2 is 1.50 bits per heavy atom. The normalized spacial score (nSPS) is 10.9. The van der Waals surface area contributed by atoms with E-state index >= 15 is 0 Å². The van der Waals surface area contributed by atoms with Gasteiger partial charge in [0.15, 0.2) is 0 Å². The van der Waals surface area contributed by atoms with Gasteiger partial charge in [-0.05, 0) is 24.8 Å². The number of halogens is 4. The fourth-order valence-corrected chi connectivity index (χ4v) is 2.59. The number of aromatic nitrogens is 4. The van der Waals surface area contributed by atoms with E-state index in [2.05, 4.69) is 10.2 Å². The fraction of sp³-hybridized carbons (Fsp3) is 0.667. The van der Waals surface area contributed by atoms with Gasteiger partial charge in [-0.3, -0.25) is 4.68 Å². The van der Waals surface area contributed by atoms with Crippen molar-refractivity contribution in [2.75, 3.05) is 0 Å². The average Bonchev–Trinajstić information content (AvgIpc) is 3.14. The van der Waals surface area contributed by atoms with Crippen LogP contribution in [0.5, 0.6) is 0 Å². The van der Waals surface area contributed by atoms with Crippen LogP contribution in [0.25, 0.3) is 0 Å². The van der Waals surface area contributed by atoms with E-state index in [1.807, 2.05) is 41.5 Å². The minimum atomic E-state index is -2.53. The molecule has 4 nitrogen and oxygen atoms in total. The van der Waals surface area contributed by atoms with Crippen LogP contribution in [0.3, 0.4) is 0 Å². The molecular weight excluding hydrogens is 348 g/mol. The summed E-state index contributed by atoms with van der Waals surface area (Å²) in [5, 5.41) is 7.49. The highest BCUT2D eigenvalue weighted by molar-refractivity contribution is 5.28. The van der Waals surface area contributed by atoms with E-state index in [0.29, 0.717) is 17.1 Å². The second kappa shape index (κ2) is 11.0. The summed E-state index contributed by atoms with van der Waals surface area (Å²) in [4.78, 5) is 0. The molecule has 2 heterocycles. The van der Waals surface area contributed by atoms with E-state index in [9.17, 15) is 17.6 Å². The summed E-state index contributed by atoms with van der Waals surface area (Å²) in [5.41, 5.74) is 1.73. The van der Waals surface area contributed by atoms with Gasteiger partial charge in [0.2, 0.25) is 0 Å². The van der Waals surface area contributed by atoms with Gasteiger partial charge >= 0.3 is 6.55 Å². The molecule has 0 aliphatic heterocycles. The standard InChI is InChI=1S/C9H14F2N2.C7H10F2N2.C2H6/c1-5(2)8-7(9(10)11)6(3)12-13(8)4;1-5(2)6-3-4-10-11(6)7(8)9;1-2/h5,9H,1-4H3;3-5,7H,1-2H3;1-2H3. The molecule has 2 aromatic rings. The van der Waals surface area contributed by atoms with E-state index in [1.165, 1.54) is 6.20 Å². The van der Waals surface area contributed by atoms with Gasteiger partial charge in [0.25, 0.3) is 6.43 Å². The first-order chi connectivity index (χ1) is 12.1. The summed E-state index contributed by atoms with van der Waals surface area (Å²) in [7, 11) is 1.70. The lowest BCUT2D eigenvalue weighted by Gasteiger charge is -2.08. The quantitative estimate of drug-likeness (QED) is 0.592. The molecule has 0 bridgehead atoms. The van der Waals surface area contributed by atoms with Gasteiger partial charge < -0.3 is 0 Å². The second-order valence-electron chi connectivity index (χ2n) is 6.10. The van der Waals surface area contributed by atoms with Crippen molar-refractivity contribution in [3.05, 3.63) is 34.9 Å². The van der Waals surface area contributed by atoms with Crippen molar-refractivity contribution in [2.24, 2.45) is 7.05 Å². The Labute approximate surface area is 153 Å². The minimum absolute atomic E-state index is 0.0789. The summed E-state index contributed by atoms with van der Waals surface area (Å²) in [6.07, 6.45) is -1.03. The number of rotatable bonds is 4. The van der Waals surface area contributed by atoms with Crippen LogP contribution in [0.15, 0.2) is 12.3 Å². The maximum atomic E-state index is 12.6. The van der Waals surface area contributed by atoms with Gasteiger partial charge in [0.1, 0.15) is 0 Å². The molecule has 0 atom stereocenters. The van der Waals surface area contributed by atoms with Crippen molar-refractivity contribution < 1.29 is 17.6 Å². The molecule has 26 heavy (non-hydrogen) atoms. The molecule has 0 N–H and O–H groups in total. The van der Waals surface area contributed by atoms with Crippen LogP contribution in [0, 0.1) is 6.92 Å². The molecule has 0 fully saturated rings. The molecular formula is C18H30F4N4. The predicted octanol–water partition coefficient (Wildman–Crippen LogP) is 6.22. The Hall–Kier alpha value is -1.86. The third-order valence-corrected chi connectivity index (χ3v) is 3.56. The smallest absolute Gasteiger partial charge is 0.272 e. The van der Waals surface area contributed by atoms with Gasteiger partial charge in [-0.1, -0.05) is 41.5 Å². The first-order valence-electron chi connectivity index (χ1n) is 8.70. The first kappa shape index (κ1) is 24.1. The van der Waals surface area contributed by atoms with Crippen LogP contribution in [-0.4, -0.2) is 19.6 Å². The molecule has 0 radical (unpaired) electrons. The Morgan fingerprint density at radius 3 is 1.81 bits per heavy atom. The lowest BCUT2D eigenvalue weighted by molar-refractivity contribution is 0.0527. The van der Waals surface area contributed by atoms with Crippen LogP contribution in [0.4, 0.5) is 17.6 Å². The van der Waals surface area contributed by atoms with Gasteiger partial charge in [0, 0.05) is 24.6 Å². The number of alkyl halides is 4. The molecule has 150 valence electrons. The zero-order chi connectivity index (χ0) is 20.6. The maximum Gasteiger partial charge on any atom is 0.333 e. The summed E-state index contributed by atoms with van der Waals surface area (Å²) in [5.74, 6) is 0.168. The molecule has 2 rings (SSSR count). The van der Waals surface area contributed by atoms with Gasteiger partial charge in [-0.25, -0.2) is 13.5 Å². The number of aryl methyl sites for hydroxylation is 2. The van der Waals surface area contributed by atoms with Crippen LogP contribution < -0.4 is 0 Å². The third kappa shape index (κ3) is 6.14. The average molecular weight is 378 g/mol. The van der Waals surface area contributed by atoms with Crippen molar-refractivity contribution in [1.29, 1.82) is 0 Å². The van der Waals surface area contributed by atoms with E-state index in [-0.39, 0.29) is 17.4 Å². The van der Waals surface area contributed by atoms with E-state index in [1.54, 1.807) is 24.7 Å². The highest BCUT2D eigenvalue weighted by Gasteiger charge is 2.22. The number of hydrogen-bond donors (Lipinski definition) is 0. The maximum absolute atomic E-state index is 12.6. The molecule has 2 aromatic heterocycles. The SMILES string of the molecule is CC.CC(C)c1ccnn1C(F)F.Cc1nn(C)c(C(C)C)c1C(F)F. The van der Waals surface area contributed by atoms with Crippen molar-refractivity contribution in [3.8, 4) is 0 Å². The molecule has 0 aromatic carbocycles. The van der Waals surface area contributed by atoms with Crippen molar-refractivity contribution in [2.45, 2.75) is 73.3 Å². The topological polar surface area (TPSA) is 35.6 Å². The molecule has 0 unspecified atom stereocenters. The molecule has 0 saturated heterocycles. The molecule has 0 aliphatic rings. The molecule has 0 saturated carbocycles. The summed E-state index contributed by atoms with van der Waals surface area (Å²) in [6, 6.07) is 1.61. The van der Waals surface area contributed by atoms with E-state index in [4.69, 9.17) is 0 Å². The van der Waals surface area contributed by atoms with Crippen molar-refractivity contribution in [3.63, 3.8) is 0 Å². The van der Waals surface area contributed by atoms with E-state index in [0.717, 1.165) is 4.68 Å². The Morgan fingerprint density at radius 1 is 0.962 bits per heavy atom. The van der Waals surface area contributed by atoms with Crippen molar-refractivity contribution in [1.82, 2.24) is 19.6 Å². The minimum Gasteiger partial charge on any atom is -0.272 e. The zero-order valence-corrected chi connectivity index (χ0v) is 16.8. The number of nitrogens with zero attached hydrogens (tertiary/aromatic N) is 4. The molecule has 0 spiro atoms. The summed E-state index contributed by atoms with van der Waals surface area (Å²) < 4.78 is 51.7. The van der Waals surface area contributed by atoms with Crippen LogP contribution >= 0.6 is 0 Å². The Bertz CT molecular complexity index is 595. The fourth-order valence-electron chi connectivity index (χ4n) is 2.59. The Kier molecular flexibility index (Phi) is 10.2. The van der Waals surface area contributed by atoms with Gasteiger partial charge in [-0.2, -0.15) is 19.0 Å². The van der Waals surface area contributed by atoms with Gasteiger partial charge in [0.05, 0.1) is 11.3 Å². The van der Waals surface area contributed by atoms with Gasteiger partial charge in [-0.15, -0.1) is 0 Å².